The fourth-order valence-corrected chi connectivity index (χ4v) is 4.09. The number of hydrogen-bond acceptors (Lipinski definition) is 4. The number of benzene rings is 1. The lowest BCUT2D eigenvalue weighted by molar-refractivity contribution is -0.140. The molecule has 1 aliphatic heterocycles. The highest BCUT2D eigenvalue weighted by Crippen LogP contribution is 2.37. The van der Waals surface area contributed by atoms with Crippen molar-refractivity contribution in [2.75, 3.05) is 27.4 Å². The lowest BCUT2D eigenvalue weighted by atomic mass is 9.73. The van der Waals surface area contributed by atoms with Crippen LogP contribution >= 0.6 is 11.3 Å². The summed E-state index contributed by atoms with van der Waals surface area (Å²) in [5.41, 5.74) is 0.547. The van der Waals surface area contributed by atoms with E-state index in [0.717, 1.165) is 11.3 Å². The molecular weight excluding hydrogens is 322 g/mol. The number of hydrogen-bond donors (Lipinski definition) is 0. The summed E-state index contributed by atoms with van der Waals surface area (Å²) in [7, 11) is 3.54. The minimum atomic E-state index is -0.503. The zero-order valence-electron chi connectivity index (χ0n) is 14.2. The molecular formula is C19H23NO3S. The van der Waals surface area contributed by atoms with Gasteiger partial charge < -0.3 is 14.4 Å². The predicted molar refractivity (Wildman–Crippen MR) is 95.5 cm³/mol. The zero-order chi connectivity index (χ0) is 17.0. The highest BCUT2D eigenvalue weighted by Gasteiger charge is 2.43. The molecule has 5 heteroatoms. The van der Waals surface area contributed by atoms with Gasteiger partial charge in [-0.3, -0.25) is 4.79 Å². The lowest BCUT2D eigenvalue weighted by Crippen LogP contribution is -2.48. The first-order chi connectivity index (χ1) is 11.7. The number of ether oxygens (including phenoxy) is 2. The van der Waals surface area contributed by atoms with Gasteiger partial charge in [0.1, 0.15) is 5.75 Å². The second kappa shape index (κ2) is 7.36. The van der Waals surface area contributed by atoms with Gasteiger partial charge in [-0.2, -0.15) is 0 Å². The van der Waals surface area contributed by atoms with E-state index >= 15 is 0 Å². The number of nitrogens with zero attached hydrogens (tertiary/aromatic N) is 1. The molecule has 3 rings (SSSR count). The van der Waals surface area contributed by atoms with E-state index < -0.39 is 5.41 Å². The molecule has 128 valence electrons. The van der Waals surface area contributed by atoms with Crippen LogP contribution in [0.15, 0.2) is 41.8 Å². The second-order valence-electron chi connectivity index (χ2n) is 6.16. The third kappa shape index (κ3) is 3.32. The van der Waals surface area contributed by atoms with Crippen molar-refractivity contribution in [1.29, 1.82) is 0 Å². The van der Waals surface area contributed by atoms with Crippen LogP contribution in [0.2, 0.25) is 0 Å². The maximum absolute atomic E-state index is 13.3. The number of methoxy groups -OCH3 is 1. The number of carbonyl (C=O) groups excluding carboxylic acids is 1. The normalized spacial score (nSPS) is 16.6. The van der Waals surface area contributed by atoms with Crippen LogP contribution in [0, 0.1) is 0 Å². The third-order valence-corrected chi connectivity index (χ3v) is 5.58. The molecule has 2 heterocycles. The molecule has 0 aliphatic carbocycles. The molecule has 1 aromatic heterocycles. The number of thiophene rings is 1. The SMILES string of the molecule is COc1ccc(C2(C(=O)N(C)Cc3cccs3)CCOCC2)cc1. The number of carbonyl (C=O) groups is 1. The number of likely N-dealkylation sites (N-methyl/N-ethyl adjacent to an activating group) is 1. The Labute approximate surface area is 147 Å². The highest BCUT2D eigenvalue weighted by atomic mass is 32.1. The second-order valence-corrected chi connectivity index (χ2v) is 7.20. The maximum Gasteiger partial charge on any atom is 0.233 e. The fourth-order valence-electron chi connectivity index (χ4n) is 3.33. The first kappa shape index (κ1) is 17.0. The van der Waals surface area contributed by atoms with Gasteiger partial charge in [-0.25, -0.2) is 0 Å². The van der Waals surface area contributed by atoms with Gasteiger partial charge >= 0.3 is 0 Å². The molecule has 1 aliphatic rings. The summed E-state index contributed by atoms with van der Waals surface area (Å²) in [5, 5.41) is 2.04. The summed E-state index contributed by atoms with van der Waals surface area (Å²) in [6, 6.07) is 12.0. The summed E-state index contributed by atoms with van der Waals surface area (Å²) < 4.78 is 10.8. The van der Waals surface area contributed by atoms with E-state index in [1.165, 1.54) is 4.88 Å². The molecule has 0 bridgehead atoms. The van der Waals surface area contributed by atoms with E-state index in [0.29, 0.717) is 32.6 Å². The van der Waals surface area contributed by atoms with Crippen molar-refractivity contribution in [2.24, 2.45) is 0 Å². The van der Waals surface area contributed by atoms with Crippen molar-refractivity contribution in [1.82, 2.24) is 4.90 Å². The summed E-state index contributed by atoms with van der Waals surface area (Å²) >= 11 is 1.68. The molecule has 0 unspecified atom stereocenters. The monoisotopic (exact) mass is 345 g/mol. The van der Waals surface area contributed by atoms with Gasteiger partial charge in [0.2, 0.25) is 5.91 Å². The Kier molecular flexibility index (Phi) is 5.21. The van der Waals surface area contributed by atoms with Crippen LogP contribution in [-0.2, 0) is 21.5 Å². The Hall–Kier alpha value is -1.85. The summed E-state index contributed by atoms with van der Waals surface area (Å²) in [5.74, 6) is 0.977. The van der Waals surface area contributed by atoms with Gasteiger partial charge in [0.15, 0.2) is 0 Å². The standard InChI is InChI=1S/C19H23NO3S/c1-20(14-17-4-3-13-24-17)18(21)19(9-11-23-12-10-19)15-5-7-16(22-2)8-6-15/h3-8,13H,9-12,14H2,1-2H3. The van der Waals surface area contributed by atoms with Crippen LogP contribution in [0.1, 0.15) is 23.3 Å². The summed E-state index contributed by atoms with van der Waals surface area (Å²) in [4.78, 5) is 16.4. The third-order valence-electron chi connectivity index (χ3n) is 4.72. The van der Waals surface area contributed by atoms with Gasteiger partial charge in [0.05, 0.1) is 19.1 Å². The van der Waals surface area contributed by atoms with Crippen molar-refractivity contribution >= 4 is 17.2 Å². The van der Waals surface area contributed by atoms with Crippen LogP contribution in [0.3, 0.4) is 0 Å². The Morgan fingerprint density at radius 3 is 2.54 bits per heavy atom. The van der Waals surface area contributed by atoms with Gasteiger partial charge in [0, 0.05) is 25.1 Å². The Bertz CT molecular complexity index is 660. The topological polar surface area (TPSA) is 38.8 Å². The van der Waals surface area contributed by atoms with Gasteiger partial charge in [-0.1, -0.05) is 18.2 Å². The van der Waals surface area contributed by atoms with Crippen LogP contribution < -0.4 is 4.74 Å². The molecule has 24 heavy (non-hydrogen) atoms. The fraction of sp³-hybridized carbons (Fsp3) is 0.421. The first-order valence-corrected chi connectivity index (χ1v) is 9.04. The molecule has 0 N–H and O–H groups in total. The lowest BCUT2D eigenvalue weighted by Gasteiger charge is -2.39. The van der Waals surface area contributed by atoms with E-state index in [4.69, 9.17) is 9.47 Å². The van der Waals surface area contributed by atoms with E-state index in [1.54, 1.807) is 18.4 Å². The average molecular weight is 345 g/mol. The molecule has 1 saturated heterocycles. The van der Waals surface area contributed by atoms with E-state index in [1.807, 2.05) is 47.7 Å². The molecule has 1 amide bonds. The Balaban J connectivity index is 1.87. The maximum atomic E-state index is 13.3. The van der Waals surface area contributed by atoms with Gasteiger partial charge in [-0.15, -0.1) is 11.3 Å². The minimum absolute atomic E-state index is 0.171. The van der Waals surface area contributed by atoms with Crippen molar-refractivity contribution in [3.05, 3.63) is 52.2 Å². The molecule has 0 spiro atoms. The van der Waals surface area contributed by atoms with Crippen molar-refractivity contribution in [3.63, 3.8) is 0 Å². The average Bonchev–Trinajstić information content (AvgIpc) is 3.14. The van der Waals surface area contributed by atoms with Crippen LogP contribution in [0.25, 0.3) is 0 Å². The smallest absolute Gasteiger partial charge is 0.233 e. The molecule has 0 saturated carbocycles. The number of rotatable bonds is 5. The zero-order valence-corrected chi connectivity index (χ0v) is 15.0. The predicted octanol–water partition coefficient (Wildman–Crippen LogP) is 3.46. The Morgan fingerprint density at radius 1 is 1.25 bits per heavy atom. The van der Waals surface area contributed by atoms with Gasteiger partial charge in [0.25, 0.3) is 0 Å². The van der Waals surface area contributed by atoms with Crippen molar-refractivity contribution in [3.8, 4) is 5.75 Å². The van der Waals surface area contributed by atoms with Gasteiger partial charge in [-0.05, 0) is 42.0 Å². The molecule has 4 nitrogen and oxygen atoms in total. The summed E-state index contributed by atoms with van der Waals surface area (Å²) in [6.45, 7) is 1.88. The molecule has 0 atom stereocenters. The number of amides is 1. The molecule has 2 aromatic rings. The first-order valence-electron chi connectivity index (χ1n) is 8.16. The highest BCUT2D eigenvalue weighted by molar-refractivity contribution is 7.09. The molecule has 1 aromatic carbocycles. The van der Waals surface area contributed by atoms with Crippen LogP contribution in [0.5, 0.6) is 5.75 Å². The minimum Gasteiger partial charge on any atom is -0.497 e. The summed E-state index contributed by atoms with van der Waals surface area (Å²) in [6.07, 6.45) is 1.43. The van der Waals surface area contributed by atoms with Crippen LogP contribution in [0.4, 0.5) is 0 Å². The van der Waals surface area contributed by atoms with E-state index in [-0.39, 0.29) is 5.91 Å². The van der Waals surface area contributed by atoms with Crippen molar-refractivity contribution in [2.45, 2.75) is 24.8 Å². The molecule has 1 fully saturated rings. The van der Waals surface area contributed by atoms with Crippen LogP contribution in [-0.4, -0.2) is 38.2 Å². The van der Waals surface area contributed by atoms with E-state index in [2.05, 4.69) is 6.07 Å². The van der Waals surface area contributed by atoms with E-state index in [9.17, 15) is 4.79 Å². The van der Waals surface area contributed by atoms with Crippen molar-refractivity contribution < 1.29 is 14.3 Å². The Morgan fingerprint density at radius 2 is 1.96 bits per heavy atom. The quantitative estimate of drug-likeness (QED) is 0.833. The molecule has 0 radical (unpaired) electrons. The largest absolute Gasteiger partial charge is 0.497 e.